The maximum absolute atomic E-state index is 12.6. The number of hydrogen-bond acceptors (Lipinski definition) is 6. The molecule has 1 amide bonds. The standard InChI is InChI=1S/C19H18ClN5O2S/c1-27-17-10(20)4-3-5-13(17)24-16-14-11(6-8-21-18(14)26)23-15(16)12-7-9-22-19(25-12)28-2/h3-5,7,9,23-24H,6,8H2,1-2H3,(H,21,26). The molecule has 7 nitrogen and oxygen atoms in total. The quantitative estimate of drug-likeness (QED) is 0.432. The fourth-order valence-electron chi connectivity index (χ4n) is 3.22. The number of anilines is 2. The molecule has 3 aromatic rings. The van der Waals surface area contributed by atoms with E-state index in [0.29, 0.717) is 51.5 Å². The molecule has 0 saturated heterocycles. The van der Waals surface area contributed by atoms with Gasteiger partial charge in [-0.15, -0.1) is 0 Å². The summed E-state index contributed by atoms with van der Waals surface area (Å²) in [6, 6.07) is 7.24. The van der Waals surface area contributed by atoms with Gasteiger partial charge in [0.2, 0.25) is 0 Å². The number of nitrogens with zero attached hydrogens (tertiary/aromatic N) is 2. The number of H-pyrrole nitrogens is 1. The predicted octanol–water partition coefficient (Wildman–Crippen LogP) is 3.89. The van der Waals surface area contributed by atoms with Gasteiger partial charge < -0.3 is 20.4 Å². The van der Waals surface area contributed by atoms with Crippen LogP contribution in [0.4, 0.5) is 11.4 Å². The molecular weight excluding hydrogens is 398 g/mol. The molecule has 0 saturated carbocycles. The molecule has 144 valence electrons. The molecule has 9 heteroatoms. The number of halogens is 1. The van der Waals surface area contributed by atoms with E-state index < -0.39 is 0 Å². The molecule has 0 atom stereocenters. The summed E-state index contributed by atoms with van der Waals surface area (Å²) in [6.45, 7) is 0.589. The average Bonchev–Trinajstić information content (AvgIpc) is 3.08. The smallest absolute Gasteiger partial charge is 0.255 e. The number of rotatable bonds is 5. The number of amides is 1. The van der Waals surface area contributed by atoms with E-state index in [0.717, 1.165) is 11.4 Å². The molecule has 4 rings (SSSR count). The Labute approximate surface area is 171 Å². The molecular formula is C19H18ClN5O2S. The first-order valence-corrected chi connectivity index (χ1v) is 10.2. The lowest BCUT2D eigenvalue weighted by atomic mass is 10.1. The van der Waals surface area contributed by atoms with Crippen molar-refractivity contribution in [3.8, 4) is 17.1 Å². The van der Waals surface area contributed by atoms with Crippen LogP contribution < -0.4 is 15.4 Å². The van der Waals surface area contributed by atoms with Crippen LogP contribution in [0.25, 0.3) is 11.4 Å². The monoisotopic (exact) mass is 415 g/mol. The first kappa shape index (κ1) is 18.6. The van der Waals surface area contributed by atoms with Crippen molar-refractivity contribution >= 4 is 40.6 Å². The number of hydrogen-bond donors (Lipinski definition) is 3. The summed E-state index contributed by atoms with van der Waals surface area (Å²) in [5.41, 5.74) is 4.17. The zero-order valence-corrected chi connectivity index (χ0v) is 16.9. The van der Waals surface area contributed by atoms with Crippen molar-refractivity contribution in [1.29, 1.82) is 0 Å². The minimum Gasteiger partial charge on any atom is -0.493 e. The summed E-state index contributed by atoms with van der Waals surface area (Å²) < 4.78 is 5.44. The number of aromatic nitrogens is 3. The van der Waals surface area contributed by atoms with Gasteiger partial charge in [0.15, 0.2) is 10.9 Å². The second kappa shape index (κ2) is 7.73. The fourth-order valence-corrected chi connectivity index (χ4v) is 3.83. The molecule has 0 fully saturated rings. The number of benzene rings is 1. The van der Waals surface area contributed by atoms with Gasteiger partial charge in [0.05, 0.1) is 40.5 Å². The molecule has 2 aromatic heterocycles. The Bertz CT molecular complexity index is 1050. The van der Waals surface area contributed by atoms with Crippen LogP contribution in [0.2, 0.25) is 5.02 Å². The Hall–Kier alpha value is -2.71. The van der Waals surface area contributed by atoms with Crippen LogP contribution in [0, 0.1) is 0 Å². The van der Waals surface area contributed by atoms with E-state index in [1.807, 2.05) is 24.5 Å². The molecule has 3 N–H and O–H groups in total. The number of thioether (sulfide) groups is 1. The van der Waals surface area contributed by atoms with Crippen LogP contribution >= 0.6 is 23.4 Å². The van der Waals surface area contributed by atoms with Gasteiger partial charge in [-0.1, -0.05) is 29.4 Å². The topological polar surface area (TPSA) is 91.9 Å². The van der Waals surface area contributed by atoms with E-state index >= 15 is 0 Å². The molecule has 0 aliphatic carbocycles. The summed E-state index contributed by atoms with van der Waals surface area (Å²) in [5, 5.41) is 7.37. The second-order valence-corrected chi connectivity index (χ2v) is 7.29. The molecule has 0 bridgehead atoms. The molecule has 3 heterocycles. The SMILES string of the molecule is COc1c(Cl)cccc1Nc1c(-c2ccnc(SC)n2)[nH]c2c1C(=O)NCC2. The van der Waals surface area contributed by atoms with Crippen molar-refractivity contribution in [3.05, 3.63) is 46.7 Å². The second-order valence-electron chi connectivity index (χ2n) is 6.11. The summed E-state index contributed by atoms with van der Waals surface area (Å²) in [5.74, 6) is 0.375. The van der Waals surface area contributed by atoms with Crippen LogP contribution in [0.15, 0.2) is 35.6 Å². The number of carbonyl (C=O) groups is 1. The van der Waals surface area contributed by atoms with Crippen LogP contribution in [0.1, 0.15) is 16.1 Å². The fraction of sp³-hybridized carbons (Fsp3) is 0.211. The van der Waals surface area contributed by atoms with E-state index in [1.165, 1.54) is 11.8 Å². The Morgan fingerprint density at radius 3 is 2.96 bits per heavy atom. The van der Waals surface area contributed by atoms with Gasteiger partial charge in [-0.05, 0) is 24.5 Å². The van der Waals surface area contributed by atoms with Gasteiger partial charge in [-0.3, -0.25) is 4.79 Å². The lowest BCUT2D eigenvalue weighted by Crippen LogP contribution is -2.31. The maximum atomic E-state index is 12.6. The molecule has 1 aliphatic heterocycles. The number of aromatic amines is 1. The average molecular weight is 416 g/mol. The Morgan fingerprint density at radius 1 is 1.32 bits per heavy atom. The highest BCUT2D eigenvalue weighted by molar-refractivity contribution is 7.98. The zero-order chi connectivity index (χ0) is 19.7. The summed E-state index contributed by atoms with van der Waals surface area (Å²) >= 11 is 7.72. The number of methoxy groups -OCH3 is 1. The van der Waals surface area contributed by atoms with Crippen molar-refractivity contribution in [2.45, 2.75) is 11.6 Å². The third-order valence-electron chi connectivity index (χ3n) is 4.47. The predicted molar refractivity (Wildman–Crippen MR) is 111 cm³/mol. The minimum atomic E-state index is -0.133. The largest absolute Gasteiger partial charge is 0.493 e. The van der Waals surface area contributed by atoms with Crippen molar-refractivity contribution in [1.82, 2.24) is 20.3 Å². The molecule has 0 unspecified atom stereocenters. The Morgan fingerprint density at radius 2 is 2.18 bits per heavy atom. The third kappa shape index (κ3) is 3.29. The van der Waals surface area contributed by atoms with Gasteiger partial charge in [0.25, 0.3) is 5.91 Å². The lowest BCUT2D eigenvalue weighted by Gasteiger charge is -2.16. The van der Waals surface area contributed by atoms with E-state index in [4.69, 9.17) is 16.3 Å². The van der Waals surface area contributed by atoms with E-state index in [2.05, 4.69) is 25.6 Å². The van der Waals surface area contributed by atoms with Crippen LogP contribution in [0.5, 0.6) is 5.75 Å². The Kier molecular flexibility index (Phi) is 5.15. The highest BCUT2D eigenvalue weighted by atomic mass is 35.5. The van der Waals surface area contributed by atoms with E-state index in [1.54, 1.807) is 19.4 Å². The Balaban J connectivity index is 1.89. The summed E-state index contributed by atoms with van der Waals surface area (Å²) in [7, 11) is 1.56. The van der Waals surface area contributed by atoms with Gasteiger partial charge in [0.1, 0.15) is 0 Å². The van der Waals surface area contributed by atoms with Crippen molar-refractivity contribution < 1.29 is 9.53 Å². The van der Waals surface area contributed by atoms with Crippen molar-refractivity contribution in [3.63, 3.8) is 0 Å². The van der Waals surface area contributed by atoms with Gasteiger partial charge in [0, 0.05) is 24.9 Å². The van der Waals surface area contributed by atoms with Crippen molar-refractivity contribution in [2.75, 3.05) is 25.2 Å². The minimum absolute atomic E-state index is 0.133. The number of para-hydroxylation sites is 1. The molecule has 28 heavy (non-hydrogen) atoms. The van der Waals surface area contributed by atoms with E-state index in [9.17, 15) is 4.79 Å². The number of ether oxygens (including phenoxy) is 1. The van der Waals surface area contributed by atoms with Gasteiger partial charge in [-0.25, -0.2) is 9.97 Å². The zero-order valence-electron chi connectivity index (χ0n) is 15.3. The van der Waals surface area contributed by atoms with Crippen LogP contribution in [0.3, 0.4) is 0 Å². The molecule has 0 spiro atoms. The summed E-state index contributed by atoms with van der Waals surface area (Å²) in [6.07, 6.45) is 4.34. The molecule has 1 aromatic carbocycles. The first-order valence-electron chi connectivity index (χ1n) is 8.62. The highest BCUT2D eigenvalue weighted by Crippen LogP contribution is 2.40. The number of fused-ring (bicyclic) bond motifs is 1. The lowest BCUT2D eigenvalue weighted by molar-refractivity contribution is 0.0947. The maximum Gasteiger partial charge on any atom is 0.255 e. The number of nitrogens with one attached hydrogen (secondary N) is 3. The van der Waals surface area contributed by atoms with Crippen LogP contribution in [-0.4, -0.2) is 40.8 Å². The molecule has 0 radical (unpaired) electrons. The van der Waals surface area contributed by atoms with Gasteiger partial charge in [-0.2, -0.15) is 0 Å². The third-order valence-corrected chi connectivity index (χ3v) is 5.33. The van der Waals surface area contributed by atoms with Gasteiger partial charge >= 0.3 is 0 Å². The van der Waals surface area contributed by atoms with Crippen LogP contribution in [-0.2, 0) is 6.42 Å². The first-order chi connectivity index (χ1) is 13.6. The molecule has 1 aliphatic rings. The normalized spacial score (nSPS) is 13.0. The summed E-state index contributed by atoms with van der Waals surface area (Å²) in [4.78, 5) is 24.8. The van der Waals surface area contributed by atoms with Crippen molar-refractivity contribution in [2.24, 2.45) is 0 Å². The number of carbonyl (C=O) groups excluding carboxylic acids is 1. The highest BCUT2D eigenvalue weighted by Gasteiger charge is 2.28. The van der Waals surface area contributed by atoms with E-state index in [-0.39, 0.29) is 5.91 Å².